The first-order valence-corrected chi connectivity index (χ1v) is 6.68. The number of aromatic carboxylic acids is 1. The molecule has 0 aliphatic carbocycles. The molecule has 0 bridgehead atoms. The number of pyridine rings is 1. The summed E-state index contributed by atoms with van der Waals surface area (Å²) in [6.07, 6.45) is 0.975. The lowest BCUT2D eigenvalue weighted by molar-refractivity contribution is 0.0691. The smallest absolute Gasteiger partial charge is 0.338 e. The Balaban J connectivity index is 2.29. The first kappa shape index (κ1) is 13.7. The molecule has 0 spiro atoms. The van der Waals surface area contributed by atoms with Crippen LogP contribution < -0.4 is 4.90 Å². The molecule has 0 fully saturated rings. The lowest BCUT2D eigenvalue weighted by Crippen LogP contribution is -2.07. The minimum atomic E-state index is -1.23. The third-order valence-electron chi connectivity index (χ3n) is 2.01. The van der Waals surface area contributed by atoms with E-state index in [9.17, 15) is 9.18 Å². The average Bonchev–Trinajstić information content (AvgIpc) is 2.80. The van der Waals surface area contributed by atoms with E-state index in [4.69, 9.17) is 5.11 Å². The number of hydrogen-bond donors (Lipinski definition) is 1. The Morgan fingerprint density at radius 2 is 2.21 bits per heavy atom. The molecule has 2 rings (SSSR count). The topological polar surface area (TPSA) is 79.2 Å². The van der Waals surface area contributed by atoms with Gasteiger partial charge in [0.1, 0.15) is 10.8 Å². The fourth-order valence-corrected chi connectivity index (χ4v) is 2.91. The van der Waals surface area contributed by atoms with E-state index in [1.54, 1.807) is 4.90 Å². The van der Waals surface area contributed by atoms with E-state index in [1.165, 1.54) is 11.3 Å². The molecule has 0 saturated carbocycles. The number of carbonyl (C=O) groups is 1. The molecular formula is C10H9FN4O2S2. The highest BCUT2D eigenvalue weighted by Crippen LogP contribution is 2.33. The van der Waals surface area contributed by atoms with Crippen molar-refractivity contribution in [1.82, 2.24) is 15.2 Å². The summed E-state index contributed by atoms with van der Waals surface area (Å²) >= 11 is 2.35. The minimum absolute atomic E-state index is 0.188. The molecular weight excluding hydrogens is 291 g/mol. The molecule has 19 heavy (non-hydrogen) atoms. The van der Waals surface area contributed by atoms with Crippen LogP contribution in [0.4, 0.5) is 9.52 Å². The largest absolute Gasteiger partial charge is 0.478 e. The number of halogens is 1. The molecule has 0 atom stereocenters. The van der Waals surface area contributed by atoms with E-state index in [1.807, 2.05) is 14.1 Å². The summed E-state index contributed by atoms with van der Waals surface area (Å²) < 4.78 is 13.5. The molecule has 2 heterocycles. The van der Waals surface area contributed by atoms with Gasteiger partial charge in [0, 0.05) is 14.1 Å². The molecule has 6 nitrogen and oxygen atoms in total. The SMILES string of the molecule is CN(C)c1nnc(Sc2ncc(F)cc2C(=O)O)s1. The maximum Gasteiger partial charge on any atom is 0.338 e. The second-order valence-corrected chi connectivity index (χ2v) is 5.85. The van der Waals surface area contributed by atoms with Gasteiger partial charge in [0.15, 0.2) is 4.34 Å². The Morgan fingerprint density at radius 1 is 1.47 bits per heavy atom. The summed E-state index contributed by atoms with van der Waals surface area (Å²) in [5, 5.41) is 17.7. The van der Waals surface area contributed by atoms with Crippen LogP contribution in [0, 0.1) is 5.82 Å². The number of hydrogen-bond acceptors (Lipinski definition) is 7. The highest BCUT2D eigenvalue weighted by atomic mass is 32.2. The van der Waals surface area contributed by atoms with Crippen LogP contribution in [-0.2, 0) is 0 Å². The zero-order valence-electron chi connectivity index (χ0n) is 9.99. The number of nitrogens with zero attached hydrogens (tertiary/aromatic N) is 4. The normalized spacial score (nSPS) is 10.5. The van der Waals surface area contributed by atoms with Gasteiger partial charge in [0.2, 0.25) is 5.13 Å². The van der Waals surface area contributed by atoms with Crippen LogP contribution in [0.2, 0.25) is 0 Å². The highest BCUT2D eigenvalue weighted by molar-refractivity contribution is 8.01. The van der Waals surface area contributed by atoms with Gasteiger partial charge < -0.3 is 10.0 Å². The van der Waals surface area contributed by atoms with Gasteiger partial charge in [0.05, 0.1) is 11.8 Å². The second kappa shape index (κ2) is 5.49. The number of carboxylic acids is 1. The van der Waals surface area contributed by atoms with E-state index in [0.717, 1.165) is 24.0 Å². The molecule has 0 radical (unpaired) electrons. The van der Waals surface area contributed by atoms with Crippen LogP contribution in [0.15, 0.2) is 21.6 Å². The molecule has 100 valence electrons. The van der Waals surface area contributed by atoms with Gasteiger partial charge >= 0.3 is 5.97 Å². The number of rotatable bonds is 4. The van der Waals surface area contributed by atoms with Crippen molar-refractivity contribution >= 4 is 34.2 Å². The van der Waals surface area contributed by atoms with Crippen molar-refractivity contribution in [2.24, 2.45) is 0 Å². The first-order valence-electron chi connectivity index (χ1n) is 5.05. The van der Waals surface area contributed by atoms with Crippen molar-refractivity contribution in [2.45, 2.75) is 9.37 Å². The Bertz CT molecular complexity index is 617. The molecule has 2 aromatic heterocycles. The standard InChI is InChI=1S/C10H9FN4O2S2/c1-15(2)9-13-14-10(19-9)18-7-6(8(16)17)3-5(11)4-12-7/h3-4H,1-2H3,(H,16,17). The quantitative estimate of drug-likeness (QED) is 0.925. The van der Waals surface area contributed by atoms with Crippen LogP contribution in [-0.4, -0.2) is 40.4 Å². The monoisotopic (exact) mass is 300 g/mol. The predicted molar refractivity (Wildman–Crippen MR) is 69.5 cm³/mol. The third kappa shape index (κ3) is 3.18. The van der Waals surface area contributed by atoms with Crippen molar-refractivity contribution in [3.63, 3.8) is 0 Å². The lowest BCUT2D eigenvalue weighted by atomic mass is 10.3. The zero-order valence-corrected chi connectivity index (χ0v) is 11.6. The summed E-state index contributed by atoms with van der Waals surface area (Å²) in [5.74, 6) is -1.92. The van der Waals surface area contributed by atoms with Gasteiger partial charge in [-0.05, 0) is 17.8 Å². The highest BCUT2D eigenvalue weighted by Gasteiger charge is 2.16. The van der Waals surface area contributed by atoms with Crippen LogP contribution in [0.3, 0.4) is 0 Å². The number of aromatic nitrogens is 3. The molecule has 0 unspecified atom stereocenters. The second-order valence-electron chi connectivity index (χ2n) is 3.66. The van der Waals surface area contributed by atoms with E-state index in [0.29, 0.717) is 9.47 Å². The predicted octanol–water partition coefficient (Wildman–Crippen LogP) is 1.99. The summed E-state index contributed by atoms with van der Waals surface area (Å²) in [4.78, 5) is 16.6. The lowest BCUT2D eigenvalue weighted by Gasteiger charge is -2.04. The fourth-order valence-electron chi connectivity index (χ4n) is 1.17. The molecule has 0 saturated heterocycles. The maximum atomic E-state index is 13.0. The minimum Gasteiger partial charge on any atom is -0.478 e. The van der Waals surface area contributed by atoms with Crippen molar-refractivity contribution in [3.05, 3.63) is 23.6 Å². The summed E-state index contributed by atoms with van der Waals surface area (Å²) in [7, 11) is 3.65. The van der Waals surface area contributed by atoms with E-state index in [-0.39, 0.29) is 10.6 Å². The van der Waals surface area contributed by atoms with E-state index >= 15 is 0 Å². The summed E-state index contributed by atoms with van der Waals surface area (Å²) in [6.45, 7) is 0. The summed E-state index contributed by atoms with van der Waals surface area (Å²) in [5.41, 5.74) is -0.188. The van der Waals surface area contributed by atoms with Crippen LogP contribution in [0.25, 0.3) is 0 Å². The van der Waals surface area contributed by atoms with Gasteiger partial charge in [-0.3, -0.25) is 0 Å². The fraction of sp³-hybridized carbons (Fsp3) is 0.200. The van der Waals surface area contributed by atoms with Crippen molar-refractivity contribution in [3.8, 4) is 0 Å². The van der Waals surface area contributed by atoms with Gasteiger partial charge in [-0.2, -0.15) is 0 Å². The van der Waals surface area contributed by atoms with Gasteiger partial charge in [0.25, 0.3) is 0 Å². The average molecular weight is 300 g/mol. The van der Waals surface area contributed by atoms with E-state index < -0.39 is 11.8 Å². The summed E-state index contributed by atoms with van der Waals surface area (Å²) in [6, 6.07) is 0.936. The van der Waals surface area contributed by atoms with E-state index in [2.05, 4.69) is 15.2 Å². The van der Waals surface area contributed by atoms with Crippen LogP contribution in [0.5, 0.6) is 0 Å². The van der Waals surface area contributed by atoms with Crippen molar-refractivity contribution < 1.29 is 14.3 Å². The molecule has 0 aromatic carbocycles. The molecule has 0 aliphatic rings. The Morgan fingerprint density at radius 3 is 2.79 bits per heavy atom. The Kier molecular flexibility index (Phi) is 3.96. The van der Waals surface area contributed by atoms with Crippen molar-refractivity contribution in [1.29, 1.82) is 0 Å². The molecule has 9 heteroatoms. The van der Waals surface area contributed by atoms with Gasteiger partial charge in [-0.25, -0.2) is 14.2 Å². The number of anilines is 1. The van der Waals surface area contributed by atoms with Crippen molar-refractivity contribution in [2.75, 3.05) is 19.0 Å². The van der Waals surface area contributed by atoms with Crippen LogP contribution in [0.1, 0.15) is 10.4 Å². The molecule has 1 N–H and O–H groups in total. The maximum absolute atomic E-state index is 13.0. The zero-order chi connectivity index (χ0) is 14.0. The van der Waals surface area contributed by atoms with Crippen LogP contribution >= 0.6 is 23.1 Å². The third-order valence-corrected chi connectivity index (χ3v) is 4.17. The molecule has 0 aliphatic heterocycles. The van der Waals surface area contributed by atoms with Gasteiger partial charge in [-0.1, -0.05) is 11.3 Å². The molecule has 0 amide bonds. The van der Waals surface area contributed by atoms with Gasteiger partial charge in [-0.15, -0.1) is 10.2 Å². The molecule has 2 aromatic rings. The Labute approximate surface area is 116 Å². The Hall–Kier alpha value is -1.74. The first-order chi connectivity index (χ1) is 8.97. The number of carboxylic acid groups (broad SMARTS) is 1.